The molecular weight excluding hydrogens is 457 g/mol. The second-order valence-electron chi connectivity index (χ2n) is 8.18. The highest BCUT2D eigenvalue weighted by Gasteiger charge is 2.24. The molecule has 4 rings (SSSR count). The van der Waals surface area contributed by atoms with Gasteiger partial charge in [0.1, 0.15) is 0 Å². The minimum atomic E-state index is -0.181. The predicted molar refractivity (Wildman–Crippen MR) is 133 cm³/mol. The van der Waals surface area contributed by atoms with Crippen LogP contribution in [0.4, 0.5) is 10.5 Å². The summed E-state index contributed by atoms with van der Waals surface area (Å²) in [7, 11) is 0. The van der Waals surface area contributed by atoms with Crippen molar-refractivity contribution in [3.63, 3.8) is 0 Å². The maximum Gasteiger partial charge on any atom is 0.321 e. The number of urea groups is 1. The Bertz CT molecular complexity index is 1130. The zero-order chi connectivity index (χ0) is 23.4. The summed E-state index contributed by atoms with van der Waals surface area (Å²) in [6.07, 6.45) is 0.730. The van der Waals surface area contributed by atoms with Crippen LogP contribution in [0.3, 0.4) is 0 Å². The van der Waals surface area contributed by atoms with Crippen molar-refractivity contribution >= 4 is 40.8 Å². The molecule has 7 heteroatoms. The highest BCUT2D eigenvalue weighted by Crippen LogP contribution is 2.27. The molecule has 1 saturated heterocycles. The van der Waals surface area contributed by atoms with E-state index in [1.807, 2.05) is 61.5 Å². The van der Waals surface area contributed by atoms with Crippen LogP contribution in [0.2, 0.25) is 10.0 Å². The third-order valence-electron chi connectivity index (χ3n) is 5.91. The fourth-order valence-corrected chi connectivity index (χ4v) is 4.34. The molecule has 1 aliphatic rings. The van der Waals surface area contributed by atoms with Crippen LogP contribution in [0.25, 0.3) is 0 Å². The van der Waals surface area contributed by atoms with Gasteiger partial charge in [0.25, 0.3) is 5.91 Å². The Kier molecular flexibility index (Phi) is 7.21. The molecule has 1 heterocycles. The molecule has 3 aromatic rings. The summed E-state index contributed by atoms with van der Waals surface area (Å²) in [5, 5.41) is 7.29. The number of nitrogens with zero attached hydrogens (tertiary/aromatic N) is 1. The first-order valence-corrected chi connectivity index (χ1v) is 11.6. The highest BCUT2D eigenvalue weighted by atomic mass is 35.5. The van der Waals surface area contributed by atoms with Gasteiger partial charge in [0.15, 0.2) is 0 Å². The molecule has 3 amide bonds. The van der Waals surface area contributed by atoms with Gasteiger partial charge in [-0.15, -0.1) is 0 Å². The molecule has 1 fully saturated rings. The zero-order valence-corrected chi connectivity index (χ0v) is 19.7. The molecule has 170 valence electrons. The quantitative estimate of drug-likeness (QED) is 0.456. The van der Waals surface area contributed by atoms with E-state index >= 15 is 0 Å². The third kappa shape index (κ3) is 5.67. The molecule has 0 radical (unpaired) electrons. The average Bonchev–Trinajstić information content (AvgIpc) is 3.25. The molecule has 2 N–H and O–H groups in total. The van der Waals surface area contributed by atoms with Crippen LogP contribution < -0.4 is 15.5 Å². The number of hydrogen-bond donors (Lipinski definition) is 2. The Morgan fingerprint density at radius 3 is 2.33 bits per heavy atom. The van der Waals surface area contributed by atoms with E-state index in [2.05, 4.69) is 10.6 Å². The van der Waals surface area contributed by atoms with Crippen LogP contribution in [-0.4, -0.2) is 31.1 Å². The van der Waals surface area contributed by atoms with Crippen LogP contribution in [0.5, 0.6) is 0 Å². The second kappa shape index (κ2) is 10.3. The summed E-state index contributed by atoms with van der Waals surface area (Å²) >= 11 is 12.2. The Labute approximate surface area is 203 Å². The summed E-state index contributed by atoms with van der Waals surface area (Å²) in [5.41, 5.74) is 3.44. The third-order valence-corrected chi connectivity index (χ3v) is 6.41. The first-order valence-electron chi connectivity index (χ1n) is 10.9. The van der Waals surface area contributed by atoms with Crippen molar-refractivity contribution < 1.29 is 9.59 Å². The van der Waals surface area contributed by atoms with E-state index in [0.29, 0.717) is 34.4 Å². The molecule has 0 spiro atoms. The largest absolute Gasteiger partial charge is 0.349 e. The van der Waals surface area contributed by atoms with Gasteiger partial charge in [0.2, 0.25) is 0 Å². The number of hydrogen-bond acceptors (Lipinski definition) is 2. The van der Waals surface area contributed by atoms with Crippen molar-refractivity contribution in [1.82, 2.24) is 10.6 Å². The normalized spacial score (nSPS) is 15.1. The van der Waals surface area contributed by atoms with Gasteiger partial charge in [0, 0.05) is 46.3 Å². The molecule has 2 atom stereocenters. The van der Waals surface area contributed by atoms with Gasteiger partial charge < -0.3 is 10.6 Å². The number of anilines is 1. The van der Waals surface area contributed by atoms with Crippen molar-refractivity contribution in [3.05, 3.63) is 99.5 Å². The monoisotopic (exact) mass is 481 g/mol. The Morgan fingerprint density at radius 1 is 1.03 bits per heavy atom. The topological polar surface area (TPSA) is 61.4 Å². The minimum Gasteiger partial charge on any atom is -0.349 e. The molecule has 0 aromatic heterocycles. The summed E-state index contributed by atoms with van der Waals surface area (Å²) in [4.78, 5) is 26.8. The van der Waals surface area contributed by atoms with Gasteiger partial charge in [0.05, 0.1) is 0 Å². The van der Waals surface area contributed by atoms with Crippen molar-refractivity contribution in [2.24, 2.45) is 0 Å². The van der Waals surface area contributed by atoms with Gasteiger partial charge in [-0.1, -0.05) is 53.5 Å². The van der Waals surface area contributed by atoms with Gasteiger partial charge >= 0.3 is 6.03 Å². The number of rotatable bonds is 7. The maximum atomic E-state index is 13.1. The van der Waals surface area contributed by atoms with E-state index in [9.17, 15) is 9.59 Å². The minimum absolute atomic E-state index is 0.0277. The van der Waals surface area contributed by atoms with Gasteiger partial charge in [-0.05, 0) is 66.9 Å². The summed E-state index contributed by atoms with van der Waals surface area (Å²) < 4.78 is 0. The van der Waals surface area contributed by atoms with Crippen molar-refractivity contribution in [3.8, 4) is 0 Å². The highest BCUT2D eigenvalue weighted by molar-refractivity contribution is 6.30. The van der Waals surface area contributed by atoms with Gasteiger partial charge in [-0.25, -0.2) is 4.79 Å². The van der Waals surface area contributed by atoms with Crippen LogP contribution in [0.15, 0.2) is 72.8 Å². The first kappa shape index (κ1) is 23.1. The van der Waals surface area contributed by atoms with Crippen molar-refractivity contribution in [2.45, 2.75) is 25.3 Å². The number of halogens is 2. The van der Waals surface area contributed by atoms with Crippen LogP contribution >= 0.6 is 23.2 Å². The Balaban J connectivity index is 1.54. The summed E-state index contributed by atoms with van der Waals surface area (Å²) in [6, 6.07) is 22.3. The molecule has 3 aromatic carbocycles. The van der Waals surface area contributed by atoms with E-state index in [0.717, 1.165) is 17.5 Å². The van der Waals surface area contributed by atoms with Crippen LogP contribution in [0, 0.1) is 0 Å². The van der Waals surface area contributed by atoms with Gasteiger partial charge in [-0.3, -0.25) is 9.69 Å². The van der Waals surface area contributed by atoms with E-state index in [1.165, 1.54) is 0 Å². The number of nitrogens with one attached hydrogen (secondary N) is 2. The zero-order valence-electron chi connectivity index (χ0n) is 18.2. The molecular formula is C26H25Cl2N3O2. The fourth-order valence-electron chi connectivity index (χ4n) is 4.09. The first-order chi connectivity index (χ1) is 15.9. The molecule has 0 saturated carbocycles. The second-order valence-corrected chi connectivity index (χ2v) is 9.06. The lowest BCUT2D eigenvalue weighted by Gasteiger charge is -2.26. The molecule has 0 aliphatic carbocycles. The average molecular weight is 482 g/mol. The molecule has 5 nitrogen and oxygen atoms in total. The maximum absolute atomic E-state index is 13.1. The van der Waals surface area contributed by atoms with Crippen molar-refractivity contribution in [2.75, 3.05) is 18.0 Å². The molecule has 0 bridgehead atoms. The summed E-state index contributed by atoms with van der Waals surface area (Å²) in [6.45, 7) is 3.19. The van der Waals surface area contributed by atoms with E-state index < -0.39 is 0 Å². The van der Waals surface area contributed by atoms with Crippen LogP contribution in [-0.2, 0) is 6.42 Å². The lowest BCUT2D eigenvalue weighted by atomic mass is 9.86. The predicted octanol–water partition coefficient (Wildman–Crippen LogP) is 5.67. The van der Waals surface area contributed by atoms with Gasteiger partial charge in [-0.2, -0.15) is 0 Å². The fraction of sp³-hybridized carbons (Fsp3) is 0.231. The number of amides is 3. The van der Waals surface area contributed by atoms with E-state index in [1.54, 1.807) is 23.1 Å². The molecule has 33 heavy (non-hydrogen) atoms. The lowest BCUT2D eigenvalue weighted by molar-refractivity contribution is 0.0934. The van der Waals surface area contributed by atoms with Crippen LogP contribution in [0.1, 0.15) is 34.3 Å². The van der Waals surface area contributed by atoms with E-state index in [4.69, 9.17) is 23.2 Å². The standard InChI is InChI=1S/C26H25Cl2N3O2/c1-17(30-25(32)20-3-2-4-23(16-20)31-14-13-29-26(31)33)24(19-7-11-22(28)12-8-19)15-18-5-9-21(27)10-6-18/h2-12,16-17,24H,13-15H2,1H3,(H,29,33)(H,30,32). The number of carbonyl (C=O) groups excluding carboxylic acids is 2. The molecule has 1 aliphatic heterocycles. The molecule has 2 unspecified atom stereocenters. The SMILES string of the molecule is CC(NC(=O)c1cccc(N2CCNC2=O)c1)C(Cc1ccc(Cl)cc1)c1ccc(Cl)cc1. The van der Waals surface area contributed by atoms with E-state index in [-0.39, 0.29) is 23.9 Å². The van der Waals surface area contributed by atoms with Crippen molar-refractivity contribution in [1.29, 1.82) is 0 Å². The lowest BCUT2D eigenvalue weighted by Crippen LogP contribution is -2.38. The number of benzene rings is 3. The Hall–Kier alpha value is -3.02. The Morgan fingerprint density at radius 2 is 1.70 bits per heavy atom. The number of carbonyl (C=O) groups is 2. The smallest absolute Gasteiger partial charge is 0.321 e. The summed E-state index contributed by atoms with van der Waals surface area (Å²) in [5.74, 6) is -0.154.